The molecule has 0 bridgehead atoms. The third kappa shape index (κ3) is 3.90. The maximum Gasteiger partial charge on any atom is 0.180 e. The SMILES string of the molecule is COc1cc(C=O)cc(Cl)c1OCc1ccc(Br)cc1Cl. The number of hydrogen-bond acceptors (Lipinski definition) is 3. The molecule has 0 atom stereocenters. The quantitative estimate of drug-likeness (QED) is 0.663. The molecule has 0 saturated carbocycles. The van der Waals surface area contributed by atoms with Gasteiger partial charge in [-0.2, -0.15) is 0 Å². The van der Waals surface area contributed by atoms with E-state index in [0.29, 0.717) is 33.4 Å². The lowest BCUT2D eigenvalue weighted by Gasteiger charge is -2.13. The molecule has 0 unspecified atom stereocenters. The van der Waals surface area contributed by atoms with Gasteiger partial charge in [0.15, 0.2) is 11.5 Å². The van der Waals surface area contributed by atoms with Crippen LogP contribution in [0.15, 0.2) is 34.8 Å². The van der Waals surface area contributed by atoms with E-state index in [2.05, 4.69) is 15.9 Å². The van der Waals surface area contributed by atoms with E-state index < -0.39 is 0 Å². The van der Waals surface area contributed by atoms with E-state index in [9.17, 15) is 4.79 Å². The maximum absolute atomic E-state index is 10.8. The Bertz CT molecular complexity index is 674. The average Bonchev–Trinajstić information content (AvgIpc) is 2.46. The lowest BCUT2D eigenvalue weighted by atomic mass is 10.2. The van der Waals surface area contributed by atoms with Crippen LogP contribution >= 0.6 is 39.1 Å². The first kappa shape index (κ1) is 16.1. The topological polar surface area (TPSA) is 35.5 Å². The monoisotopic (exact) mass is 388 g/mol. The van der Waals surface area contributed by atoms with Crippen LogP contribution in [0.1, 0.15) is 15.9 Å². The van der Waals surface area contributed by atoms with Crippen molar-refractivity contribution in [2.45, 2.75) is 6.61 Å². The number of rotatable bonds is 5. The van der Waals surface area contributed by atoms with E-state index in [0.717, 1.165) is 10.0 Å². The Kier molecular flexibility index (Phi) is 5.51. The molecule has 0 spiro atoms. The van der Waals surface area contributed by atoms with E-state index in [1.165, 1.54) is 13.2 Å². The smallest absolute Gasteiger partial charge is 0.180 e. The van der Waals surface area contributed by atoms with Gasteiger partial charge in [0.05, 0.1) is 12.1 Å². The van der Waals surface area contributed by atoms with Crippen molar-refractivity contribution >= 4 is 45.4 Å². The Hall–Kier alpha value is -1.23. The number of methoxy groups -OCH3 is 1. The van der Waals surface area contributed by atoms with E-state index in [4.69, 9.17) is 32.7 Å². The highest BCUT2D eigenvalue weighted by atomic mass is 79.9. The van der Waals surface area contributed by atoms with Gasteiger partial charge in [0, 0.05) is 20.6 Å². The highest BCUT2D eigenvalue weighted by Gasteiger charge is 2.13. The van der Waals surface area contributed by atoms with Crippen LogP contribution in [0.4, 0.5) is 0 Å². The highest BCUT2D eigenvalue weighted by molar-refractivity contribution is 9.10. The molecule has 0 fully saturated rings. The molecule has 0 aliphatic rings. The second kappa shape index (κ2) is 7.16. The molecule has 0 aliphatic heterocycles. The zero-order chi connectivity index (χ0) is 15.4. The van der Waals surface area contributed by atoms with Gasteiger partial charge in [-0.1, -0.05) is 45.2 Å². The van der Waals surface area contributed by atoms with Crippen molar-refractivity contribution in [1.29, 1.82) is 0 Å². The fourth-order valence-corrected chi connectivity index (χ4v) is 2.74. The molecule has 2 aromatic carbocycles. The van der Waals surface area contributed by atoms with Crippen LogP contribution in [0.3, 0.4) is 0 Å². The molecule has 21 heavy (non-hydrogen) atoms. The second-order valence-electron chi connectivity index (χ2n) is 4.18. The first-order valence-electron chi connectivity index (χ1n) is 5.94. The van der Waals surface area contributed by atoms with Crippen LogP contribution in [0, 0.1) is 0 Å². The Balaban J connectivity index is 2.25. The molecule has 2 rings (SSSR count). The summed E-state index contributed by atoms with van der Waals surface area (Å²) in [6, 6.07) is 8.60. The fraction of sp³-hybridized carbons (Fsp3) is 0.133. The van der Waals surface area contributed by atoms with Gasteiger partial charge in [0.2, 0.25) is 0 Å². The van der Waals surface area contributed by atoms with Gasteiger partial charge < -0.3 is 9.47 Å². The molecule has 2 aromatic rings. The highest BCUT2D eigenvalue weighted by Crippen LogP contribution is 2.37. The molecule has 0 heterocycles. The maximum atomic E-state index is 10.8. The summed E-state index contributed by atoms with van der Waals surface area (Å²) in [7, 11) is 1.49. The lowest BCUT2D eigenvalue weighted by Crippen LogP contribution is -2.00. The second-order valence-corrected chi connectivity index (χ2v) is 5.91. The molecule has 0 radical (unpaired) electrons. The van der Waals surface area contributed by atoms with Crippen molar-refractivity contribution < 1.29 is 14.3 Å². The summed E-state index contributed by atoms with van der Waals surface area (Å²) < 4.78 is 11.8. The Morgan fingerprint density at radius 1 is 1.19 bits per heavy atom. The normalized spacial score (nSPS) is 10.3. The van der Waals surface area contributed by atoms with Gasteiger partial charge >= 0.3 is 0 Å². The third-order valence-electron chi connectivity index (χ3n) is 2.77. The molecular weight excluding hydrogens is 379 g/mol. The van der Waals surface area contributed by atoms with Gasteiger partial charge in [0.1, 0.15) is 12.9 Å². The molecule has 0 saturated heterocycles. The van der Waals surface area contributed by atoms with Crippen molar-refractivity contribution in [3.63, 3.8) is 0 Å². The summed E-state index contributed by atoms with van der Waals surface area (Å²) in [5.41, 5.74) is 1.24. The minimum absolute atomic E-state index is 0.239. The van der Waals surface area contributed by atoms with Gasteiger partial charge in [-0.3, -0.25) is 4.79 Å². The summed E-state index contributed by atoms with van der Waals surface area (Å²) in [4.78, 5) is 10.8. The van der Waals surface area contributed by atoms with Crippen molar-refractivity contribution in [3.05, 3.63) is 56.0 Å². The molecular formula is C15H11BrCl2O3. The Morgan fingerprint density at radius 3 is 2.57 bits per heavy atom. The minimum Gasteiger partial charge on any atom is -0.493 e. The number of carbonyl (C=O) groups excluding carboxylic acids is 1. The van der Waals surface area contributed by atoms with Crippen molar-refractivity contribution in [3.8, 4) is 11.5 Å². The van der Waals surface area contributed by atoms with Crippen LogP contribution < -0.4 is 9.47 Å². The Morgan fingerprint density at radius 2 is 1.95 bits per heavy atom. The van der Waals surface area contributed by atoms with Gasteiger partial charge in [-0.25, -0.2) is 0 Å². The Labute approximate surface area is 140 Å². The van der Waals surface area contributed by atoms with Crippen molar-refractivity contribution in [2.24, 2.45) is 0 Å². The minimum atomic E-state index is 0.239. The summed E-state index contributed by atoms with van der Waals surface area (Å²) >= 11 is 15.6. The number of aldehydes is 1. The van der Waals surface area contributed by atoms with Crippen molar-refractivity contribution in [2.75, 3.05) is 7.11 Å². The van der Waals surface area contributed by atoms with Crippen LogP contribution in [-0.2, 0) is 6.61 Å². The number of ether oxygens (including phenoxy) is 2. The number of benzene rings is 2. The molecule has 3 nitrogen and oxygen atoms in total. The molecule has 6 heteroatoms. The first-order valence-corrected chi connectivity index (χ1v) is 7.49. The molecule has 0 aromatic heterocycles. The third-order valence-corrected chi connectivity index (χ3v) is 3.90. The summed E-state index contributed by atoms with van der Waals surface area (Å²) in [5, 5.41) is 0.897. The number of halogens is 3. The predicted molar refractivity (Wildman–Crippen MR) is 86.9 cm³/mol. The molecule has 0 aliphatic carbocycles. The van der Waals surface area contributed by atoms with Gasteiger partial charge in [-0.15, -0.1) is 0 Å². The van der Waals surface area contributed by atoms with Gasteiger partial charge in [-0.05, 0) is 24.3 Å². The van der Waals surface area contributed by atoms with Crippen LogP contribution in [0.2, 0.25) is 10.0 Å². The number of hydrogen-bond donors (Lipinski definition) is 0. The summed E-state index contributed by atoms with van der Waals surface area (Å²) in [6.07, 6.45) is 0.698. The van der Waals surface area contributed by atoms with E-state index in [1.54, 1.807) is 12.1 Å². The van der Waals surface area contributed by atoms with Gasteiger partial charge in [0.25, 0.3) is 0 Å². The standard InChI is InChI=1S/C15H11BrCl2O3/c1-20-14-5-9(7-19)4-13(18)15(14)21-8-10-2-3-11(16)6-12(10)17/h2-7H,8H2,1H3. The molecule has 110 valence electrons. The zero-order valence-corrected chi connectivity index (χ0v) is 14.1. The predicted octanol–water partition coefficient (Wildman–Crippen LogP) is 5.16. The zero-order valence-electron chi connectivity index (χ0n) is 11.0. The van der Waals surface area contributed by atoms with E-state index >= 15 is 0 Å². The van der Waals surface area contributed by atoms with Crippen LogP contribution in [-0.4, -0.2) is 13.4 Å². The molecule has 0 amide bonds. The summed E-state index contributed by atoms with van der Waals surface area (Å²) in [6.45, 7) is 0.239. The van der Waals surface area contributed by atoms with Crippen molar-refractivity contribution in [1.82, 2.24) is 0 Å². The fourth-order valence-electron chi connectivity index (χ4n) is 1.74. The summed E-state index contributed by atoms with van der Waals surface area (Å²) in [5.74, 6) is 0.779. The van der Waals surface area contributed by atoms with Crippen LogP contribution in [0.25, 0.3) is 0 Å². The largest absolute Gasteiger partial charge is 0.493 e. The van der Waals surface area contributed by atoms with Crippen LogP contribution in [0.5, 0.6) is 11.5 Å². The lowest BCUT2D eigenvalue weighted by molar-refractivity contribution is 0.112. The molecule has 0 N–H and O–H groups in total. The average molecular weight is 390 g/mol. The first-order chi connectivity index (χ1) is 10.0. The number of carbonyl (C=O) groups is 1. The van der Waals surface area contributed by atoms with E-state index in [-0.39, 0.29) is 6.61 Å². The van der Waals surface area contributed by atoms with E-state index in [1.807, 2.05) is 12.1 Å².